The standard InChI is InChI=1S/C11H15ClF2O6/c1-4-8(19-5(2)15)9(20-6(3)16)7(10(17)18-4)11(12,13)14/h4,7-10,17H,1-3H3/t4-,7-,8-,9-,10+/m0/s1. The van der Waals surface area contributed by atoms with Crippen LogP contribution < -0.4 is 0 Å². The lowest BCUT2D eigenvalue weighted by Crippen LogP contribution is -2.60. The van der Waals surface area contributed by atoms with Gasteiger partial charge in [0.1, 0.15) is 5.92 Å². The number of carbonyl (C=O) groups is 2. The van der Waals surface area contributed by atoms with Gasteiger partial charge in [0.05, 0.1) is 6.10 Å². The molecular weight excluding hydrogens is 302 g/mol. The summed E-state index contributed by atoms with van der Waals surface area (Å²) in [6.45, 7) is 3.45. The van der Waals surface area contributed by atoms with Crippen LogP contribution in [0.1, 0.15) is 20.8 Å². The minimum atomic E-state index is -3.92. The van der Waals surface area contributed by atoms with Crippen LogP contribution in [0.3, 0.4) is 0 Å². The molecule has 5 atom stereocenters. The topological polar surface area (TPSA) is 82.1 Å². The molecule has 1 N–H and O–H groups in total. The van der Waals surface area contributed by atoms with E-state index in [1.165, 1.54) is 6.92 Å². The minimum absolute atomic E-state index is 0.768. The first-order valence-corrected chi connectivity index (χ1v) is 6.16. The van der Waals surface area contributed by atoms with Crippen molar-refractivity contribution in [3.8, 4) is 0 Å². The van der Waals surface area contributed by atoms with Crippen molar-refractivity contribution in [2.75, 3.05) is 0 Å². The van der Waals surface area contributed by atoms with Gasteiger partial charge in [-0.05, 0) is 18.5 Å². The Labute approximate surface area is 118 Å². The second-order valence-corrected chi connectivity index (χ2v) is 4.95. The maximum atomic E-state index is 13.4. The van der Waals surface area contributed by atoms with E-state index in [0.29, 0.717) is 0 Å². The number of hydrogen-bond acceptors (Lipinski definition) is 6. The second kappa shape index (κ2) is 6.19. The number of esters is 2. The van der Waals surface area contributed by atoms with Crippen molar-refractivity contribution in [1.82, 2.24) is 0 Å². The molecule has 0 spiro atoms. The van der Waals surface area contributed by atoms with E-state index >= 15 is 0 Å². The highest BCUT2D eigenvalue weighted by Gasteiger charge is 2.57. The van der Waals surface area contributed by atoms with E-state index in [1.807, 2.05) is 0 Å². The predicted octanol–water partition coefficient (Wildman–Crippen LogP) is 1.03. The molecule has 1 saturated heterocycles. The summed E-state index contributed by atoms with van der Waals surface area (Å²) < 4.78 is 41.3. The van der Waals surface area contributed by atoms with Crippen LogP contribution >= 0.6 is 11.6 Å². The number of rotatable bonds is 3. The third kappa shape index (κ3) is 4.00. The van der Waals surface area contributed by atoms with Crippen LogP contribution in [0.5, 0.6) is 0 Å². The van der Waals surface area contributed by atoms with Crippen LogP contribution in [-0.2, 0) is 23.8 Å². The van der Waals surface area contributed by atoms with E-state index in [0.717, 1.165) is 13.8 Å². The van der Waals surface area contributed by atoms with E-state index in [2.05, 4.69) is 0 Å². The van der Waals surface area contributed by atoms with Gasteiger partial charge in [-0.3, -0.25) is 9.59 Å². The molecule has 0 saturated carbocycles. The Morgan fingerprint density at radius 3 is 2.05 bits per heavy atom. The van der Waals surface area contributed by atoms with Gasteiger partial charge < -0.3 is 19.3 Å². The molecule has 0 amide bonds. The van der Waals surface area contributed by atoms with Crippen molar-refractivity contribution >= 4 is 23.5 Å². The molecule has 1 rings (SSSR count). The third-order valence-electron chi connectivity index (χ3n) is 2.78. The van der Waals surface area contributed by atoms with Gasteiger partial charge in [-0.2, -0.15) is 8.78 Å². The quantitative estimate of drug-likeness (QED) is 0.619. The smallest absolute Gasteiger partial charge is 0.333 e. The number of halogens is 3. The lowest BCUT2D eigenvalue weighted by Gasteiger charge is -2.43. The van der Waals surface area contributed by atoms with Crippen molar-refractivity contribution in [3.05, 3.63) is 0 Å². The third-order valence-corrected chi connectivity index (χ3v) is 3.04. The molecule has 0 unspecified atom stereocenters. The van der Waals surface area contributed by atoms with Gasteiger partial charge in [0.15, 0.2) is 18.5 Å². The van der Waals surface area contributed by atoms with E-state index in [9.17, 15) is 23.5 Å². The maximum Gasteiger partial charge on any atom is 0.333 e. The molecule has 9 heteroatoms. The molecule has 0 aromatic heterocycles. The molecule has 0 bridgehead atoms. The van der Waals surface area contributed by atoms with Crippen LogP contribution in [-0.4, -0.2) is 47.0 Å². The van der Waals surface area contributed by atoms with Gasteiger partial charge >= 0.3 is 17.3 Å². The molecule has 1 aliphatic rings. The van der Waals surface area contributed by atoms with E-state index in [1.54, 1.807) is 0 Å². The number of ether oxygens (including phenoxy) is 3. The van der Waals surface area contributed by atoms with E-state index in [-0.39, 0.29) is 0 Å². The zero-order chi connectivity index (χ0) is 15.7. The monoisotopic (exact) mass is 316 g/mol. The normalized spacial score (nSPS) is 34.5. The van der Waals surface area contributed by atoms with E-state index < -0.39 is 47.8 Å². The molecular formula is C11H15ClF2O6. The lowest BCUT2D eigenvalue weighted by atomic mass is 9.91. The van der Waals surface area contributed by atoms with Crippen molar-refractivity contribution in [2.45, 2.75) is 50.8 Å². The van der Waals surface area contributed by atoms with E-state index in [4.69, 9.17) is 25.8 Å². The van der Waals surface area contributed by atoms with Crippen LogP contribution in [0.4, 0.5) is 8.78 Å². The minimum Gasteiger partial charge on any atom is -0.458 e. The second-order valence-electron chi connectivity index (χ2n) is 4.45. The highest BCUT2D eigenvalue weighted by atomic mass is 35.5. The van der Waals surface area contributed by atoms with Gasteiger partial charge in [0, 0.05) is 13.8 Å². The predicted molar refractivity (Wildman–Crippen MR) is 62.0 cm³/mol. The van der Waals surface area contributed by atoms with Crippen molar-refractivity contribution in [2.24, 2.45) is 5.92 Å². The van der Waals surface area contributed by atoms with Gasteiger partial charge in [0.25, 0.3) is 0 Å². The molecule has 20 heavy (non-hydrogen) atoms. The largest absolute Gasteiger partial charge is 0.458 e. The van der Waals surface area contributed by atoms with Crippen molar-refractivity contribution in [1.29, 1.82) is 0 Å². The summed E-state index contributed by atoms with van der Waals surface area (Å²) in [6, 6.07) is 0. The fourth-order valence-electron chi connectivity index (χ4n) is 2.05. The summed E-state index contributed by atoms with van der Waals surface area (Å²) in [5.41, 5.74) is 0. The molecule has 1 aliphatic heterocycles. The average molecular weight is 317 g/mol. The number of aliphatic hydroxyl groups is 1. The first-order valence-electron chi connectivity index (χ1n) is 5.78. The van der Waals surface area contributed by atoms with Crippen molar-refractivity contribution in [3.63, 3.8) is 0 Å². The van der Waals surface area contributed by atoms with Crippen molar-refractivity contribution < 1.29 is 37.7 Å². The van der Waals surface area contributed by atoms with Gasteiger partial charge in [-0.15, -0.1) is 0 Å². The molecule has 0 aromatic rings. The van der Waals surface area contributed by atoms with Gasteiger partial charge in [0.2, 0.25) is 0 Å². The Kier molecular flexibility index (Phi) is 5.28. The molecule has 6 nitrogen and oxygen atoms in total. The Morgan fingerprint density at radius 1 is 1.20 bits per heavy atom. The summed E-state index contributed by atoms with van der Waals surface area (Å²) in [7, 11) is 0. The molecule has 1 heterocycles. The summed E-state index contributed by atoms with van der Waals surface area (Å²) in [5.74, 6) is -3.70. The highest BCUT2D eigenvalue weighted by molar-refractivity contribution is 6.22. The summed E-state index contributed by atoms with van der Waals surface area (Å²) in [4.78, 5) is 22.1. The number of aliphatic hydroxyl groups excluding tert-OH is 1. The average Bonchev–Trinajstić information content (AvgIpc) is 2.20. The molecule has 1 fully saturated rings. The first kappa shape index (κ1) is 17.1. The summed E-state index contributed by atoms with van der Waals surface area (Å²) in [6.07, 6.45) is -5.83. The molecule has 0 aromatic carbocycles. The summed E-state index contributed by atoms with van der Waals surface area (Å²) >= 11 is 4.93. The highest BCUT2D eigenvalue weighted by Crippen LogP contribution is 2.41. The first-order chi connectivity index (χ1) is 9.04. The molecule has 0 radical (unpaired) electrons. The fourth-order valence-corrected chi connectivity index (χ4v) is 2.28. The Bertz CT molecular complexity index is 386. The number of alkyl halides is 3. The lowest BCUT2D eigenvalue weighted by molar-refractivity contribution is -0.292. The zero-order valence-electron chi connectivity index (χ0n) is 11.0. The maximum absolute atomic E-state index is 13.4. The Hall–Kier alpha value is -0.990. The van der Waals surface area contributed by atoms with Gasteiger partial charge in [-0.1, -0.05) is 0 Å². The van der Waals surface area contributed by atoms with Gasteiger partial charge in [-0.25, -0.2) is 0 Å². The fraction of sp³-hybridized carbons (Fsp3) is 0.818. The Balaban J connectivity index is 3.12. The zero-order valence-corrected chi connectivity index (χ0v) is 11.8. The number of carbonyl (C=O) groups excluding carboxylic acids is 2. The summed E-state index contributed by atoms with van der Waals surface area (Å²) in [5, 5.41) is 5.67. The van der Waals surface area contributed by atoms with Crippen LogP contribution in [0.15, 0.2) is 0 Å². The van der Waals surface area contributed by atoms with Crippen LogP contribution in [0.25, 0.3) is 0 Å². The van der Waals surface area contributed by atoms with Crippen LogP contribution in [0, 0.1) is 5.92 Å². The molecule has 0 aliphatic carbocycles. The Morgan fingerprint density at radius 2 is 1.65 bits per heavy atom. The molecule has 116 valence electrons. The SMILES string of the molecule is CC(=O)O[C@@H]1[C@@H](OC(C)=O)[C@H](C)O[C@@H](O)[C@H]1C(F)(F)Cl. The van der Waals surface area contributed by atoms with Crippen LogP contribution in [0.2, 0.25) is 0 Å². The number of hydrogen-bond donors (Lipinski definition) is 1.